The van der Waals surface area contributed by atoms with Crippen LogP contribution in [0.3, 0.4) is 0 Å². The minimum absolute atomic E-state index is 0.224. The average molecular weight is 453 g/mol. The second-order valence-corrected chi connectivity index (χ2v) is 6.60. The van der Waals surface area contributed by atoms with Crippen molar-refractivity contribution in [2.45, 2.75) is 26.9 Å². The maximum atomic E-state index is 11.9. The summed E-state index contributed by atoms with van der Waals surface area (Å²) in [6.07, 6.45) is 0.967. The summed E-state index contributed by atoms with van der Waals surface area (Å²) in [5.74, 6) is 0.771. The first-order valence-electron chi connectivity index (χ1n) is 7.86. The monoisotopic (exact) mass is 453 g/mol. The second kappa shape index (κ2) is 8.80. The number of halogens is 1. The van der Waals surface area contributed by atoms with Crippen LogP contribution < -0.4 is 15.1 Å². The Bertz CT molecular complexity index is 780. The lowest BCUT2D eigenvalue weighted by Gasteiger charge is -2.19. The Morgan fingerprint density at radius 2 is 2.08 bits per heavy atom. The fraction of sp³-hybridized carbons (Fsp3) is 0.278. The van der Waals surface area contributed by atoms with Gasteiger partial charge in [0.05, 0.1) is 11.0 Å². The van der Waals surface area contributed by atoms with Crippen LogP contribution in [0.2, 0.25) is 0 Å². The summed E-state index contributed by atoms with van der Waals surface area (Å²) in [6.45, 7) is 4.32. The van der Waals surface area contributed by atoms with E-state index in [0.29, 0.717) is 11.3 Å². The van der Waals surface area contributed by atoms with Gasteiger partial charge >= 0.3 is 6.03 Å². The van der Waals surface area contributed by atoms with Gasteiger partial charge < -0.3 is 10.1 Å². The number of urea groups is 1. The van der Waals surface area contributed by atoms with E-state index >= 15 is 0 Å². The summed E-state index contributed by atoms with van der Waals surface area (Å²) in [7, 11) is 1.45. The predicted molar refractivity (Wildman–Crippen MR) is 107 cm³/mol. The normalized spacial score (nSPS) is 10.2. The van der Waals surface area contributed by atoms with E-state index in [1.54, 1.807) is 0 Å². The number of aryl methyl sites for hydroxylation is 2. The number of hydrogen-bond donors (Lipinski definition) is 1. The molecule has 0 atom stereocenters. The molecule has 0 aliphatic carbocycles. The fourth-order valence-corrected chi connectivity index (χ4v) is 3.23. The number of ether oxygens (including phenoxy) is 1. The zero-order valence-electron chi connectivity index (χ0n) is 14.4. The Morgan fingerprint density at radius 1 is 1.32 bits per heavy atom. The van der Waals surface area contributed by atoms with E-state index in [9.17, 15) is 9.70 Å². The van der Waals surface area contributed by atoms with Crippen LogP contribution in [0, 0.1) is 15.4 Å². The average Bonchev–Trinajstić information content (AvgIpc) is 2.62. The summed E-state index contributed by atoms with van der Waals surface area (Å²) >= 11 is 2.07. The third-order valence-corrected chi connectivity index (χ3v) is 4.67. The molecule has 1 N–H and O–H groups in total. The van der Waals surface area contributed by atoms with E-state index in [2.05, 4.69) is 46.2 Å². The number of para-hydroxylation sites is 1. The minimum Gasteiger partial charge on any atom is -0.489 e. The standard InChI is InChI=1S/C18H20IN3O3/c1-4-13-8-9-16(12(2)10-13)25-11-14-6-5-7-15(19)17(14)22(21-24)18(23)20-3/h5-10H,4,11H2,1-3H3,(H,20,23). The first kappa shape index (κ1) is 19.2. The van der Waals surface area contributed by atoms with Gasteiger partial charge in [0.2, 0.25) is 0 Å². The van der Waals surface area contributed by atoms with Gasteiger partial charge in [-0.05, 0) is 59.2 Å². The summed E-state index contributed by atoms with van der Waals surface area (Å²) < 4.78 is 6.66. The highest BCUT2D eigenvalue weighted by Crippen LogP contribution is 2.29. The molecule has 0 aromatic heterocycles. The Hall–Kier alpha value is -2.16. The molecular formula is C18H20IN3O3. The molecule has 0 unspecified atom stereocenters. The highest BCUT2D eigenvalue weighted by molar-refractivity contribution is 14.1. The SMILES string of the molecule is CCc1ccc(OCc2cccc(I)c2N(N=O)C(=O)NC)c(C)c1. The van der Waals surface area contributed by atoms with Crippen LogP contribution in [0.25, 0.3) is 0 Å². The minimum atomic E-state index is -0.594. The number of nitrogens with zero attached hydrogens (tertiary/aromatic N) is 2. The van der Waals surface area contributed by atoms with E-state index in [4.69, 9.17) is 4.74 Å². The lowest BCUT2D eigenvalue weighted by molar-refractivity contribution is 0.248. The quantitative estimate of drug-likeness (QED) is 0.396. The predicted octanol–water partition coefficient (Wildman–Crippen LogP) is 4.57. The van der Waals surface area contributed by atoms with Crippen molar-refractivity contribution in [3.63, 3.8) is 0 Å². The molecule has 0 aliphatic rings. The molecule has 0 radical (unpaired) electrons. The lowest BCUT2D eigenvalue weighted by atomic mass is 10.1. The largest absolute Gasteiger partial charge is 0.489 e. The van der Waals surface area contributed by atoms with Crippen molar-refractivity contribution in [1.29, 1.82) is 0 Å². The fourth-order valence-electron chi connectivity index (χ4n) is 2.45. The van der Waals surface area contributed by atoms with Gasteiger partial charge in [-0.1, -0.05) is 31.2 Å². The number of benzene rings is 2. The zero-order valence-corrected chi connectivity index (χ0v) is 16.5. The van der Waals surface area contributed by atoms with E-state index in [1.165, 1.54) is 12.6 Å². The van der Waals surface area contributed by atoms with Gasteiger partial charge in [-0.2, -0.15) is 0 Å². The molecule has 0 spiro atoms. The number of carbonyl (C=O) groups is 1. The molecule has 0 bridgehead atoms. The highest BCUT2D eigenvalue weighted by Gasteiger charge is 2.22. The van der Waals surface area contributed by atoms with Gasteiger partial charge in [0, 0.05) is 16.2 Å². The Balaban J connectivity index is 2.30. The number of carbonyl (C=O) groups excluding carboxylic acids is 1. The van der Waals surface area contributed by atoms with Crippen molar-refractivity contribution in [1.82, 2.24) is 5.32 Å². The summed E-state index contributed by atoms with van der Waals surface area (Å²) in [6, 6.07) is 10.9. The molecule has 6 nitrogen and oxygen atoms in total. The Kier molecular flexibility index (Phi) is 6.74. The lowest BCUT2D eigenvalue weighted by Crippen LogP contribution is -2.35. The number of nitroso groups, excluding NO2 is 1. The van der Waals surface area contributed by atoms with Crippen molar-refractivity contribution in [3.8, 4) is 5.75 Å². The summed E-state index contributed by atoms with van der Waals surface area (Å²) in [5.41, 5.74) is 3.42. The van der Waals surface area contributed by atoms with Crippen LogP contribution >= 0.6 is 22.6 Å². The van der Waals surface area contributed by atoms with E-state index in [0.717, 1.165) is 26.3 Å². The maximum Gasteiger partial charge on any atom is 0.345 e. The maximum absolute atomic E-state index is 11.9. The first-order chi connectivity index (χ1) is 12.0. The molecule has 25 heavy (non-hydrogen) atoms. The van der Waals surface area contributed by atoms with Crippen LogP contribution in [0.15, 0.2) is 41.7 Å². The van der Waals surface area contributed by atoms with Crippen molar-refractivity contribution in [2.75, 3.05) is 12.1 Å². The molecule has 132 valence electrons. The Labute approximate surface area is 160 Å². The molecule has 2 aromatic rings. The van der Waals surface area contributed by atoms with Gasteiger partial charge in [0.1, 0.15) is 12.4 Å². The van der Waals surface area contributed by atoms with Crippen LogP contribution in [-0.4, -0.2) is 13.1 Å². The van der Waals surface area contributed by atoms with Gasteiger partial charge in [0.25, 0.3) is 0 Å². The van der Waals surface area contributed by atoms with Gasteiger partial charge in [-0.15, -0.1) is 9.92 Å². The third-order valence-electron chi connectivity index (χ3n) is 3.80. The number of amides is 2. The highest BCUT2D eigenvalue weighted by atomic mass is 127. The molecule has 0 saturated heterocycles. The number of anilines is 1. The smallest absolute Gasteiger partial charge is 0.345 e. The molecular weight excluding hydrogens is 433 g/mol. The first-order valence-corrected chi connectivity index (χ1v) is 8.94. The van der Waals surface area contributed by atoms with Crippen LogP contribution in [0.5, 0.6) is 5.75 Å². The topological polar surface area (TPSA) is 71.0 Å². The molecule has 0 heterocycles. The summed E-state index contributed by atoms with van der Waals surface area (Å²) in [4.78, 5) is 23.1. The van der Waals surface area contributed by atoms with Crippen LogP contribution in [0.1, 0.15) is 23.6 Å². The summed E-state index contributed by atoms with van der Waals surface area (Å²) in [5, 5.41) is 6.08. The van der Waals surface area contributed by atoms with Crippen molar-refractivity contribution in [3.05, 3.63) is 61.6 Å². The number of hydrogen-bond acceptors (Lipinski definition) is 4. The Morgan fingerprint density at radius 3 is 2.68 bits per heavy atom. The van der Waals surface area contributed by atoms with Crippen molar-refractivity contribution < 1.29 is 9.53 Å². The van der Waals surface area contributed by atoms with Crippen LogP contribution in [-0.2, 0) is 13.0 Å². The van der Waals surface area contributed by atoms with E-state index in [-0.39, 0.29) is 6.61 Å². The van der Waals surface area contributed by atoms with Gasteiger partial charge in [-0.3, -0.25) is 0 Å². The van der Waals surface area contributed by atoms with E-state index in [1.807, 2.05) is 37.3 Å². The van der Waals surface area contributed by atoms with Gasteiger partial charge in [-0.25, -0.2) is 4.79 Å². The molecule has 2 rings (SSSR count). The molecule has 0 saturated carbocycles. The molecule has 0 aliphatic heterocycles. The molecule has 2 aromatic carbocycles. The van der Waals surface area contributed by atoms with E-state index < -0.39 is 6.03 Å². The second-order valence-electron chi connectivity index (χ2n) is 5.44. The third kappa shape index (κ3) is 4.47. The molecule has 0 fully saturated rings. The zero-order chi connectivity index (χ0) is 18.4. The van der Waals surface area contributed by atoms with Crippen molar-refractivity contribution >= 4 is 34.3 Å². The number of rotatable bonds is 6. The molecule has 2 amide bonds. The van der Waals surface area contributed by atoms with Gasteiger partial charge in [0.15, 0.2) is 0 Å². The molecule has 7 heteroatoms. The van der Waals surface area contributed by atoms with Crippen molar-refractivity contribution in [2.24, 2.45) is 5.29 Å². The van der Waals surface area contributed by atoms with Crippen LogP contribution in [0.4, 0.5) is 10.5 Å². The number of nitrogens with one attached hydrogen (secondary N) is 1.